The Balaban J connectivity index is 1.82. The highest BCUT2D eigenvalue weighted by atomic mass is 16.3. The van der Waals surface area contributed by atoms with E-state index in [1.165, 1.54) is 0 Å². The normalized spacial score (nSPS) is 31.2. The smallest absolute Gasteiger partial charge is 0.254 e. The lowest BCUT2D eigenvalue weighted by atomic mass is 9.88. The molecule has 1 N–H and O–H groups in total. The van der Waals surface area contributed by atoms with Gasteiger partial charge >= 0.3 is 0 Å². The molecule has 1 amide bonds. The Hall–Kier alpha value is -1.35. The van der Waals surface area contributed by atoms with Crippen LogP contribution in [0.15, 0.2) is 30.3 Å². The minimum absolute atomic E-state index is 0.124. The van der Waals surface area contributed by atoms with Crippen LogP contribution >= 0.6 is 0 Å². The predicted molar refractivity (Wildman–Crippen MR) is 69.2 cm³/mol. The Morgan fingerprint density at radius 1 is 1.17 bits per heavy atom. The van der Waals surface area contributed by atoms with Crippen LogP contribution in [-0.4, -0.2) is 34.6 Å². The number of carbonyl (C=O) groups excluding carboxylic acids is 1. The predicted octanol–water partition coefficient (Wildman–Crippen LogP) is 2.06. The Morgan fingerprint density at radius 2 is 1.94 bits per heavy atom. The maximum absolute atomic E-state index is 12.5. The standard InChI is InChI=1S/C15H19NO2/c17-14-9-10-16(13-8-4-7-12(13)14)15(18)11-5-2-1-3-6-11/h1-3,5-6,12-14,17H,4,7-10H2/t12-,13-,14+/m1/s1. The number of hydrogen-bond donors (Lipinski definition) is 1. The first-order valence-corrected chi connectivity index (χ1v) is 6.81. The molecular weight excluding hydrogens is 226 g/mol. The lowest BCUT2D eigenvalue weighted by Crippen LogP contribution is -2.51. The summed E-state index contributed by atoms with van der Waals surface area (Å²) in [5.74, 6) is 0.422. The van der Waals surface area contributed by atoms with E-state index in [0.717, 1.165) is 31.2 Å². The van der Waals surface area contributed by atoms with Crippen LogP contribution in [0.2, 0.25) is 0 Å². The number of rotatable bonds is 1. The fraction of sp³-hybridized carbons (Fsp3) is 0.533. The molecule has 1 heterocycles. The Kier molecular flexibility index (Phi) is 3.08. The molecule has 96 valence electrons. The zero-order valence-electron chi connectivity index (χ0n) is 10.5. The number of piperidine rings is 1. The van der Waals surface area contributed by atoms with Gasteiger partial charge in [0.05, 0.1) is 6.10 Å². The third-order valence-corrected chi connectivity index (χ3v) is 4.37. The number of hydrogen-bond acceptors (Lipinski definition) is 2. The van der Waals surface area contributed by atoms with Gasteiger partial charge in [0.25, 0.3) is 5.91 Å². The van der Waals surface area contributed by atoms with Gasteiger partial charge in [-0.25, -0.2) is 0 Å². The molecule has 2 fully saturated rings. The van der Waals surface area contributed by atoms with E-state index in [1.54, 1.807) is 0 Å². The number of aliphatic hydroxyl groups excluding tert-OH is 1. The van der Waals surface area contributed by atoms with Crippen LogP contribution in [0.25, 0.3) is 0 Å². The van der Waals surface area contributed by atoms with Gasteiger partial charge in [-0.3, -0.25) is 4.79 Å². The van der Waals surface area contributed by atoms with Gasteiger partial charge in [-0.1, -0.05) is 24.6 Å². The number of amides is 1. The van der Waals surface area contributed by atoms with Crippen molar-refractivity contribution in [3.05, 3.63) is 35.9 Å². The third kappa shape index (κ3) is 1.93. The molecule has 3 atom stereocenters. The van der Waals surface area contributed by atoms with Gasteiger partial charge in [0.2, 0.25) is 0 Å². The second kappa shape index (κ2) is 4.73. The summed E-state index contributed by atoms with van der Waals surface area (Å²) in [5, 5.41) is 10.0. The second-order valence-corrected chi connectivity index (χ2v) is 5.38. The molecule has 0 spiro atoms. The molecular formula is C15H19NO2. The first-order chi connectivity index (χ1) is 8.77. The van der Waals surface area contributed by atoms with E-state index >= 15 is 0 Å². The molecule has 1 aliphatic carbocycles. The number of fused-ring (bicyclic) bond motifs is 1. The van der Waals surface area contributed by atoms with Gasteiger partial charge in [-0.05, 0) is 31.4 Å². The van der Waals surface area contributed by atoms with Crippen molar-refractivity contribution in [1.82, 2.24) is 4.90 Å². The summed E-state index contributed by atoms with van der Waals surface area (Å²) < 4.78 is 0. The van der Waals surface area contributed by atoms with E-state index in [4.69, 9.17) is 0 Å². The van der Waals surface area contributed by atoms with Crippen molar-refractivity contribution in [2.24, 2.45) is 5.92 Å². The summed E-state index contributed by atoms with van der Waals surface area (Å²) in [5.41, 5.74) is 0.763. The van der Waals surface area contributed by atoms with Gasteiger partial charge < -0.3 is 10.0 Å². The maximum atomic E-state index is 12.5. The molecule has 3 rings (SSSR count). The molecule has 0 aromatic heterocycles. The van der Waals surface area contributed by atoms with E-state index < -0.39 is 0 Å². The van der Waals surface area contributed by atoms with Crippen molar-refractivity contribution in [2.45, 2.75) is 37.8 Å². The molecule has 1 saturated carbocycles. The van der Waals surface area contributed by atoms with Crippen LogP contribution in [0.1, 0.15) is 36.0 Å². The molecule has 1 aromatic carbocycles. The van der Waals surface area contributed by atoms with Gasteiger partial charge in [0.15, 0.2) is 0 Å². The highest BCUT2D eigenvalue weighted by Crippen LogP contribution is 2.37. The summed E-state index contributed by atoms with van der Waals surface area (Å²) in [6.07, 6.45) is 3.74. The van der Waals surface area contributed by atoms with Gasteiger partial charge in [0, 0.05) is 24.1 Å². The molecule has 0 bridgehead atoms. The van der Waals surface area contributed by atoms with Crippen molar-refractivity contribution in [3.63, 3.8) is 0 Å². The molecule has 0 radical (unpaired) electrons. The average molecular weight is 245 g/mol. The van der Waals surface area contributed by atoms with Gasteiger partial charge in [-0.2, -0.15) is 0 Å². The second-order valence-electron chi connectivity index (χ2n) is 5.38. The number of benzene rings is 1. The molecule has 1 aliphatic heterocycles. The van der Waals surface area contributed by atoms with Crippen molar-refractivity contribution >= 4 is 5.91 Å². The summed E-state index contributed by atoms with van der Waals surface area (Å²) in [4.78, 5) is 14.5. The van der Waals surface area contributed by atoms with Crippen molar-refractivity contribution < 1.29 is 9.90 Å². The van der Waals surface area contributed by atoms with Crippen LogP contribution in [0.3, 0.4) is 0 Å². The average Bonchev–Trinajstić information content (AvgIpc) is 2.90. The highest BCUT2D eigenvalue weighted by Gasteiger charge is 2.42. The molecule has 2 aliphatic rings. The van der Waals surface area contributed by atoms with Crippen LogP contribution < -0.4 is 0 Å². The Morgan fingerprint density at radius 3 is 2.72 bits per heavy atom. The van der Waals surface area contributed by atoms with Crippen LogP contribution in [0, 0.1) is 5.92 Å². The Labute approximate surface area is 107 Å². The molecule has 1 saturated heterocycles. The quantitative estimate of drug-likeness (QED) is 0.822. The topological polar surface area (TPSA) is 40.5 Å². The van der Waals surface area contributed by atoms with Crippen molar-refractivity contribution in [2.75, 3.05) is 6.54 Å². The highest BCUT2D eigenvalue weighted by molar-refractivity contribution is 5.94. The van der Waals surface area contributed by atoms with E-state index in [-0.39, 0.29) is 18.1 Å². The first kappa shape index (κ1) is 11.7. The van der Waals surface area contributed by atoms with Gasteiger partial charge in [-0.15, -0.1) is 0 Å². The van der Waals surface area contributed by atoms with Crippen molar-refractivity contribution in [3.8, 4) is 0 Å². The number of nitrogens with zero attached hydrogens (tertiary/aromatic N) is 1. The molecule has 3 heteroatoms. The zero-order chi connectivity index (χ0) is 12.5. The molecule has 1 aromatic rings. The van der Waals surface area contributed by atoms with E-state index in [2.05, 4.69) is 0 Å². The Bertz CT molecular complexity index is 431. The van der Waals surface area contributed by atoms with Crippen molar-refractivity contribution in [1.29, 1.82) is 0 Å². The minimum Gasteiger partial charge on any atom is -0.393 e. The lowest BCUT2D eigenvalue weighted by molar-refractivity contribution is 0.00258. The molecule has 18 heavy (non-hydrogen) atoms. The third-order valence-electron chi connectivity index (χ3n) is 4.37. The maximum Gasteiger partial charge on any atom is 0.254 e. The minimum atomic E-state index is -0.211. The monoisotopic (exact) mass is 245 g/mol. The number of carbonyl (C=O) groups is 1. The fourth-order valence-corrected chi connectivity index (χ4v) is 3.45. The van der Waals surface area contributed by atoms with E-state index in [9.17, 15) is 9.90 Å². The lowest BCUT2D eigenvalue weighted by Gasteiger charge is -2.40. The summed E-state index contributed by atoms with van der Waals surface area (Å²) in [6.45, 7) is 0.691. The van der Waals surface area contributed by atoms with E-state index in [0.29, 0.717) is 12.5 Å². The molecule has 3 nitrogen and oxygen atoms in total. The fourth-order valence-electron chi connectivity index (χ4n) is 3.45. The number of aliphatic hydroxyl groups is 1. The van der Waals surface area contributed by atoms with E-state index in [1.807, 2.05) is 35.2 Å². The largest absolute Gasteiger partial charge is 0.393 e. The van der Waals surface area contributed by atoms with Gasteiger partial charge in [0.1, 0.15) is 0 Å². The summed E-state index contributed by atoms with van der Waals surface area (Å²) in [6, 6.07) is 9.72. The van der Waals surface area contributed by atoms with Crippen LogP contribution in [0.4, 0.5) is 0 Å². The summed E-state index contributed by atoms with van der Waals surface area (Å²) >= 11 is 0. The molecule has 0 unspecified atom stereocenters. The number of likely N-dealkylation sites (tertiary alicyclic amines) is 1. The van der Waals surface area contributed by atoms with Crippen LogP contribution in [0.5, 0.6) is 0 Å². The van der Waals surface area contributed by atoms with Crippen LogP contribution in [-0.2, 0) is 0 Å². The zero-order valence-corrected chi connectivity index (χ0v) is 10.5. The SMILES string of the molecule is O=C(c1ccccc1)N1CC[C@H](O)[C@@H]2CCC[C@H]21. The summed E-state index contributed by atoms with van der Waals surface area (Å²) in [7, 11) is 0. The first-order valence-electron chi connectivity index (χ1n) is 6.81.